The predicted molar refractivity (Wildman–Crippen MR) is 79.6 cm³/mol. The van der Waals surface area contributed by atoms with E-state index in [0.29, 0.717) is 11.0 Å². The highest BCUT2D eigenvalue weighted by Gasteiger charge is 2.45. The topological polar surface area (TPSA) is 110 Å². The SMILES string of the molecule is CC(=O)O.CC1(C)NC(=O)N(c2ccc(C#N)c(C(F)(F)F)c2)C1=O. The number of carboxylic acid groups (broad SMARTS) is 1. The number of halogens is 3. The Morgan fingerprint density at radius 2 is 1.84 bits per heavy atom. The number of urea groups is 1. The Bertz CT molecular complexity index is 762. The lowest BCUT2D eigenvalue weighted by atomic mass is 10.0. The summed E-state index contributed by atoms with van der Waals surface area (Å²) in [5.41, 5.74) is -3.18. The first-order valence-corrected chi connectivity index (χ1v) is 6.79. The number of carbonyl (C=O) groups excluding carboxylic acids is 2. The number of benzene rings is 1. The molecule has 0 spiro atoms. The Balaban J connectivity index is 0.000000705. The summed E-state index contributed by atoms with van der Waals surface area (Å²) in [7, 11) is 0. The van der Waals surface area contributed by atoms with Gasteiger partial charge in [0.25, 0.3) is 11.9 Å². The molecule has 3 amide bonds. The molecule has 2 N–H and O–H groups in total. The largest absolute Gasteiger partial charge is 0.481 e. The highest BCUT2D eigenvalue weighted by atomic mass is 19.4. The van der Waals surface area contributed by atoms with Crippen LogP contribution in [0.5, 0.6) is 0 Å². The average Bonchev–Trinajstić information content (AvgIpc) is 2.65. The molecule has 0 radical (unpaired) electrons. The molecule has 7 nitrogen and oxygen atoms in total. The fourth-order valence-corrected chi connectivity index (χ4v) is 1.99. The second-order valence-electron chi connectivity index (χ2n) is 5.55. The van der Waals surface area contributed by atoms with Gasteiger partial charge in [0.2, 0.25) is 0 Å². The summed E-state index contributed by atoms with van der Waals surface area (Å²) in [5, 5.41) is 18.5. The minimum absolute atomic E-state index is 0.227. The van der Waals surface area contributed by atoms with Crippen LogP contribution in [0.15, 0.2) is 18.2 Å². The highest BCUT2D eigenvalue weighted by Crippen LogP contribution is 2.35. The lowest BCUT2D eigenvalue weighted by Crippen LogP contribution is -2.40. The molecule has 0 bridgehead atoms. The molecule has 1 aromatic rings. The Morgan fingerprint density at radius 1 is 1.32 bits per heavy atom. The van der Waals surface area contributed by atoms with E-state index in [9.17, 15) is 22.8 Å². The number of hydrogen-bond acceptors (Lipinski definition) is 4. The van der Waals surface area contributed by atoms with Crippen molar-refractivity contribution < 1.29 is 32.7 Å². The molecular formula is C15H14F3N3O4. The van der Waals surface area contributed by atoms with Crippen LogP contribution in [0.4, 0.5) is 23.7 Å². The first-order valence-electron chi connectivity index (χ1n) is 6.79. The number of carboxylic acids is 1. The quantitative estimate of drug-likeness (QED) is 0.750. The molecule has 0 aromatic heterocycles. The fraction of sp³-hybridized carbons (Fsp3) is 0.333. The van der Waals surface area contributed by atoms with E-state index < -0.39 is 40.7 Å². The number of nitriles is 1. The molecule has 1 aliphatic heterocycles. The van der Waals surface area contributed by atoms with Crippen LogP contribution >= 0.6 is 0 Å². The van der Waals surface area contributed by atoms with Gasteiger partial charge < -0.3 is 10.4 Å². The van der Waals surface area contributed by atoms with Crippen LogP contribution in [0, 0.1) is 11.3 Å². The van der Waals surface area contributed by atoms with E-state index in [-0.39, 0.29) is 5.69 Å². The Kier molecular flexibility index (Phi) is 5.43. The average molecular weight is 357 g/mol. The zero-order chi connectivity index (χ0) is 19.6. The van der Waals surface area contributed by atoms with Crippen LogP contribution in [0.3, 0.4) is 0 Å². The van der Waals surface area contributed by atoms with Crippen LogP contribution in [0.1, 0.15) is 31.9 Å². The van der Waals surface area contributed by atoms with E-state index in [0.717, 1.165) is 19.1 Å². The van der Waals surface area contributed by atoms with Gasteiger partial charge >= 0.3 is 12.2 Å². The van der Waals surface area contributed by atoms with Gasteiger partial charge in [0.15, 0.2) is 0 Å². The van der Waals surface area contributed by atoms with Crippen molar-refractivity contribution in [2.24, 2.45) is 0 Å². The van der Waals surface area contributed by atoms with Crippen LogP contribution in [-0.2, 0) is 15.8 Å². The molecule has 0 unspecified atom stereocenters. The molecular weight excluding hydrogens is 343 g/mol. The summed E-state index contributed by atoms with van der Waals surface area (Å²) in [6.07, 6.45) is -4.75. The van der Waals surface area contributed by atoms with Crippen molar-refractivity contribution in [2.75, 3.05) is 4.90 Å². The number of rotatable bonds is 1. The van der Waals surface area contributed by atoms with Crippen molar-refractivity contribution in [1.29, 1.82) is 5.26 Å². The molecule has 0 atom stereocenters. The highest BCUT2D eigenvalue weighted by molar-refractivity contribution is 6.23. The maximum Gasteiger partial charge on any atom is 0.417 e. The number of aliphatic carboxylic acids is 1. The molecule has 0 saturated carbocycles. The minimum Gasteiger partial charge on any atom is -0.481 e. The third kappa shape index (κ3) is 4.47. The minimum atomic E-state index is -4.75. The zero-order valence-electron chi connectivity index (χ0n) is 13.4. The van der Waals surface area contributed by atoms with Gasteiger partial charge in [0.1, 0.15) is 5.54 Å². The van der Waals surface area contributed by atoms with Gasteiger partial charge in [-0.25, -0.2) is 9.69 Å². The number of carbonyl (C=O) groups is 3. The summed E-state index contributed by atoms with van der Waals surface area (Å²) in [5.74, 6) is -1.50. The third-order valence-electron chi connectivity index (χ3n) is 3.05. The Morgan fingerprint density at radius 3 is 2.20 bits per heavy atom. The number of anilines is 1. The number of nitrogens with one attached hydrogen (secondary N) is 1. The first kappa shape index (κ1) is 20.0. The second-order valence-corrected chi connectivity index (χ2v) is 5.55. The van der Waals surface area contributed by atoms with E-state index in [4.69, 9.17) is 15.2 Å². The van der Waals surface area contributed by atoms with Gasteiger partial charge in [-0.3, -0.25) is 9.59 Å². The standard InChI is InChI=1S/C13H10F3N3O2.C2H4O2/c1-12(2)10(20)19(11(21)18-12)8-4-3-7(6-17)9(5-8)13(14,15)16;1-2(3)4/h3-5H,1-2H3,(H,18,21);1H3,(H,3,4). The third-order valence-corrected chi connectivity index (χ3v) is 3.05. The molecule has 2 rings (SSSR count). The van der Waals surface area contributed by atoms with Crippen LogP contribution in [-0.4, -0.2) is 28.6 Å². The van der Waals surface area contributed by atoms with Crippen molar-refractivity contribution in [2.45, 2.75) is 32.5 Å². The maximum atomic E-state index is 12.9. The lowest BCUT2D eigenvalue weighted by Gasteiger charge is -2.17. The van der Waals surface area contributed by atoms with E-state index >= 15 is 0 Å². The summed E-state index contributed by atoms with van der Waals surface area (Å²) >= 11 is 0. The molecule has 1 fully saturated rings. The van der Waals surface area contributed by atoms with Gasteiger partial charge in [-0.05, 0) is 32.0 Å². The second kappa shape index (κ2) is 6.80. The van der Waals surface area contributed by atoms with E-state index in [2.05, 4.69) is 5.32 Å². The smallest absolute Gasteiger partial charge is 0.417 e. The molecule has 1 aromatic carbocycles. The molecule has 25 heavy (non-hydrogen) atoms. The molecule has 1 aliphatic rings. The van der Waals surface area contributed by atoms with Crippen molar-refractivity contribution in [3.63, 3.8) is 0 Å². The molecule has 10 heteroatoms. The van der Waals surface area contributed by atoms with E-state index in [1.54, 1.807) is 0 Å². The molecule has 0 aliphatic carbocycles. The van der Waals surface area contributed by atoms with Gasteiger partial charge in [0, 0.05) is 6.92 Å². The number of imide groups is 1. The normalized spacial score (nSPS) is 15.8. The predicted octanol–water partition coefficient (Wildman–Crippen LogP) is 2.50. The maximum absolute atomic E-state index is 12.9. The fourth-order valence-electron chi connectivity index (χ4n) is 1.99. The molecule has 134 valence electrons. The number of nitrogens with zero attached hydrogens (tertiary/aromatic N) is 2. The van der Waals surface area contributed by atoms with Crippen LogP contribution < -0.4 is 10.2 Å². The Hall–Kier alpha value is -3.09. The Labute approximate surface area is 140 Å². The zero-order valence-corrected chi connectivity index (χ0v) is 13.4. The monoisotopic (exact) mass is 357 g/mol. The number of alkyl halides is 3. The first-order chi connectivity index (χ1) is 11.3. The summed E-state index contributed by atoms with van der Waals surface area (Å²) in [6.45, 7) is 3.98. The van der Waals surface area contributed by atoms with Crippen molar-refractivity contribution in [1.82, 2.24) is 5.32 Å². The summed E-state index contributed by atoms with van der Waals surface area (Å²) in [4.78, 5) is 33.4. The van der Waals surface area contributed by atoms with Crippen molar-refractivity contribution in [3.05, 3.63) is 29.3 Å². The van der Waals surface area contributed by atoms with E-state index in [1.807, 2.05) is 0 Å². The molecule has 1 saturated heterocycles. The van der Waals surface area contributed by atoms with Gasteiger partial charge in [-0.15, -0.1) is 0 Å². The van der Waals surface area contributed by atoms with Crippen LogP contribution in [0.25, 0.3) is 0 Å². The van der Waals surface area contributed by atoms with Gasteiger partial charge in [-0.1, -0.05) is 0 Å². The van der Waals surface area contributed by atoms with Crippen molar-refractivity contribution in [3.8, 4) is 6.07 Å². The van der Waals surface area contributed by atoms with Crippen LogP contribution in [0.2, 0.25) is 0 Å². The molecule has 1 heterocycles. The number of amides is 3. The van der Waals surface area contributed by atoms with Gasteiger partial charge in [0.05, 0.1) is 22.9 Å². The number of hydrogen-bond donors (Lipinski definition) is 2. The lowest BCUT2D eigenvalue weighted by molar-refractivity contribution is -0.138. The van der Waals surface area contributed by atoms with Gasteiger partial charge in [-0.2, -0.15) is 18.4 Å². The summed E-state index contributed by atoms with van der Waals surface area (Å²) < 4.78 is 38.7. The summed E-state index contributed by atoms with van der Waals surface area (Å²) in [6, 6.07) is 3.32. The van der Waals surface area contributed by atoms with Crippen molar-refractivity contribution >= 4 is 23.6 Å². The van der Waals surface area contributed by atoms with E-state index in [1.165, 1.54) is 19.9 Å².